The lowest BCUT2D eigenvalue weighted by molar-refractivity contribution is -0.141. The maximum absolute atomic E-state index is 10.9. The fraction of sp³-hybridized carbons (Fsp3) is 0.545. The Morgan fingerprint density at radius 3 is 3.00 bits per heavy atom. The Bertz CT molecular complexity index is 455. The highest BCUT2D eigenvalue weighted by atomic mass is 35.5. The number of carboxylic acids is 1. The topological polar surface area (TPSA) is 84.3 Å². The average Bonchev–Trinajstić information content (AvgIpc) is 2.81. The lowest BCUT2D eigenvalue weighted by Gasteiger charge is -2.14. The van der Waals surface area contributed by atoms with Crippen LogP contribution in [-0.2, 0) is 4.79 Å². The van der Waals surface area contributed by atoms with Crippen LogP contribution >= 0.6 is 11.6 Å². The van der Waals surface area contributed by atoms with Crippen molar-refractivity contribution in [3.05, 3.63) is 11.2 Å². The van der Waals surface area contributed by atoms with Gasteiger partial charge in [0.15, 0.2) is 5.82 Å². The summed E-state index contributed by atoms with van der Waals surface area (Å²) in [4.78, 5) is 18.8. The lowest BCUT2D eigenvalue weighted by atomic mass is 10.1. The molecule has 98 valence electrons. The predicted molar refractivity (Wildman–Crippen MR) is 66.0 cm³/mol. The molecule has 1 heterocycles. The summed E-state index contributed by atoms with van der Waals surface area (Å²) in [6.45, 7) is 0. The molecule has 2 N–H and O–H groups in total. The normalized spacial score (nSPS) is 22.8. The predicted octanol–water partition coefficient (Wildman–Crippen LogP) is 1.80. The molecule has 2 rings (SSSR count). The quantitative estimate of drug-likeness (QED) is 0.869. The second-order valence-corrected chi connectivity index (χ2v) is 4.65. The van der Waals surface area contributed by atoms with Crippen molar-refractivity contribution >= 4 is 23.4 Å². The number of aliphatic carboxylic acids is 1. The van der Waals surface area contributed by atoms with E-state index in [2.05, 4.69) is 15.3 Å². The van der Waals surface area contributed by atoms with E-state index < -0.39 is 5.97 Å². The Hall–Kier alpha value is -1.56. The van der Waals surface area contributed by atoms with Gasteiger partial charge in [-0.2, -0.15) is 4.98 Å². The first-order valence-electron chi connectivity index (χ1n) is 5.66. The Balaban J connectivity index is 2.04. The second kappa shape index (κ2) is 5.39. The third-order valence-electron chi connectivity index (χ3n) is 3.03. The number of carboxylic acid groups (broad SMARTS) is 1. The molecule has 7 heteroatoms. The minimum absolute atomic E-state index is 0.0724. The van der Waals surface area contributed by atoms with Crippen LogP contribution in [0.1, 0.15) is 19.3 Å². The molecule has 1 aromatic heterocycles. The number of halogens is 1. The van der Waals surface area contributed by atoms with Gasteiger partial charge in [0.1, 0.15) is 5.02 Å². The van der Waals surface area contributed by atoms with Crippen molar-refractivity contribution in [3.8, 4) is 6.01 Å². The smallest absolute Gasteiger partial charge is 0.318 e. The second-order valence-electron chi connectivity index (χ2n) is 4.24. The van der Waals surface area contributed by atoms with E-state index in [1.807, 2.05) is 0 Å². The van der Waals surface area contributed by atoms with E-state index in [-0.39, 0.29) is 18.0 Å². The van der Waals surface area contributed by atoms with Gasteiger partial charge in [-0.1, -0.05) is 11.6 Å². The Kier molecular flexibility index (Phi) is 3.86. The van der Waals surface area contributed by atoms with E-state index >= 15 is 0 Å². The van der Waals surface area contributed by atoms with Crippen molar-refractivity contribution in [1.29, 1.82) is 0 Å². The van der Waals surface area contributed by atoms with Crippen molar-refractivity contribution in [1.82, 2.24) is 9.97 Å². The van der Waals surface area contributed by atoms with E-state index in [9.17, 15) is 4.79 Å². The summed E-state index contributed by atoms with van der Waals surface area (Å²) >= 11 is 5.97. The summed E-state index contributed by atoms with van der Waals surface area (Å²) in [7, 11) is 1.48. The Morgan fingerprint density at radius 2 is 2.39 bits per heavy atom. The number of rotatable bonds is 4. The van der Waals surface area contributed by atoms with Crippen LogP contribution < -0.4 is 10.1 Å². The lowest BCUT2D eigenvalue weighted by Crippen LogP contribution is -2.19. The zero-order chi connectivity index (χ0) is 13.1. The molecular formula is C11H14ClN3O3. The minimum atomic E-state index is -0.745. The first-order chi connectivity index (χ1) is 8.60. The van der Waals surface area contributed by atoms with Gasteiger partial charge >= 0.3 is 12.0 Å². The van der Waals surface area contributed by atoms with Crippen molar-refractivity contribution < 1.29 is 14.6 Å². The average molecular weight is 272 g/mol. The highest BCUT2D eigenvalue weighted by Crippen LogP contribution is 2.30. The standard InChI is InChI=1S/C11H14ClN3O3/c1-18-11-13-5-8(12)9(15-11)14-7-3-2-6(4-7)10(16)17/h5-7H,2-4H2,1H3,(H,16,17)(H,13,14,15). The van der Waals surface area contributed by atoms with E-state index in [0.717, 1.165) is 6.42 Å². The van der Waals surface area contributed by atoms with E-state index in [0.29, 0.717) is 23.7 Å². The van der Waals surface area contributed by atoms with E-state index in [4.69, 9.17) is 21.4 Å². The van der Waals surface area contributed by atoms with Crippen molar-refractivity contribution in [3.63, 3.8) is 0 Å². The zero-order valence-electron chi connectivity index (χ0n) is 9.89. The number of carbonyl (C=O) groups is 1. The zero-order valence-corrected chi connectivity index (χ0v) is 10.6. The minimum Gasteiger partial charge on any atom is -0.481 e. The fourth-order valence-corrected chi connectivity index (χ4v) is 2.23. The van der Waals surface area contributed by atoms with Crippen molar-refractivity contribution in [2.45, 2.75) is 25.3 Å². The summed E-state index contributed by atoms with van der Waals surface area (Å²) in [5.74, 6) is -0.546. The van der Waals surface area contributed by atoms with Crippen molar-refractivity contribution in [2.24, 2.45) is 5.92 Å². The highest BCUT2D eigenvalue weighted by Gasteiger charge is 2.30. The summed E-state index contributed by atoms with van der Waals surface area (Å²) < 4.78 is 4.92. The SMILES string of the molecule is COc1ncc(Cl)c(NC2CCC(C(=O)O)C2)n1. The van der Waals surface area contributed by atoms with Gasteiger partial charge in [0, 0.05) is 6.04 Å². The molecule has 18 heavy (non-hydrogen) atoms. The fourth-order valence-electron chi connectivity index (χ4n) is 2.08. The van der Waals surface area contributed by atoms with Gasteiger partial charge < -0.3 is 15.2 Å². The van der Waals surface area contributed by atoms with Gasteiger partial charge in [-0.3, -0.25) is 4.79 Å². The van der Waals surface area contributed by atoms with Gasteiger partial charge in [0.25, 0.3) is 0 Å². The van der Waals surface area contributed by atoms with Crippen LogP contribution in [0.3, 0.4) is 0 Å². The van der Waals surface area contributed by atoms with Gasteiger partial charge in [0.2, 0.25) is 0 Å². The maximum atomic E-state index is 10.9. The number of methoxy groups -OCH3 is 1. The first kappa shape index (κ1) is 12.9. The molecule has 1 fully saturated rings. The van der Waals surface area contributed by atoms with Gasteiger partial charge in [-0.05, 0) is 19.3 Å². The molecule has 0 bridgehead atoms. The first-order valence-corrected chi connectivity index (χ1v) is 6.04. The number of aromatic nitrogens is 2. The van der Waals surface area contributed by atoms with E-state index in [1.54, 1.807) is 0 Å². The third kappa shape index (κ3) is 2.81. The largest absolute Gasteiger partial charge is 0.481 e. The van der Waals surface area contributed by atoms with Crippen LogP contribution in [0.4, 0.5) is 5.82 Å². The summed E-state index contributed by atoms with van der Waals surface area (Å²) in [5.41, 5.74) is 0. The van der Waals surface area contributed by atoms with Gasteiger partial charge in [-0.25, -0.2) is 4.98 Å². The Morgan fingerprint density at radius 1 is 1.61 bits per heavy atom. The van der Waals surface area contributed by atoms with Crippen LogP contribution in [0.5, 0.6) is 6.01 Å². The van der Waals surface area contributed by atoms with E-state index in [1.165, 1.54) is 13.3 Å². The molecule has 0 spiro atoms. The number of ether oxygens (including phenoxy) is 1. The van der Waals surface area contributed by atoms with Crippen LogP contribution in [0.15, 0.2) is 6.20 Å². The molecule has 2 unspecified atom stereocenters. The summed E-state index contributed by atoms with van der Waals surface area (Å²) in [6, 6.07) is 0.304. The maximum Gasteiger partial charge on any atom is 0.318 e. The van der Waals surface area contributed by atoms with Crippen LogP contribution in [0.25, 0.3) is 0 Å². The number of nitrogens with zero attached hydrogens (tertiary/aromatic N) is 2. The molecule has 2 atom stereocenters. The highest BCUT2D eigenvalue weighted by molar-refractivity contribution is 6.32. The molecule has 0 aromatic carbocycles. The molecule has 6 nitrogen and oxygen atoms in total. The summed E-state index contributed by atoms with van der Waals surface area (Å²) in [6.07, 6.45) is 3.50. The van der Waals surface area contributed by atoms with Gasteiger partial charge in [0.05, 0.1) is 19.2 Å². The number of hydrogen-bond acceptors (Lipinski definition) is 5. The third-order valence-corrected chi connectivity index (χ3v) is 3.30. The van der Waals surface area contributed by atoms with Gasteiger partial charge in [-0.15, -0.1) is 0 Å². The van der Waals surface area contributed by atoms with Crippen LogP contribution in [0.2, 0.25) is 5.02 Å². The molecule has 0 amide bonds. The molecule has 0 aliphatic heterocycles. The summed E-state index contributed by atoms with van der Waals surface area (Å²) in [5, 5.41) is 12.5. The molecule has 0 saturated heterocycles. The molecule has 0 radical (unpaired) electrons. The molecule has 1 saturated carbocycles. The monoisotopic (exact) mass is 271 g/mol. The molecule has 1 aliphatic rings. The number of hydrogen-bond donors (Lipinski definition) is 2. The molecule has 1 aliphatic carbocycles. The molecular weight excluding hydrogens is 258 g/mol. The number of nitrogens with one attached hydrogen (secondary N) is 1. The Labute approximate surface area is 109 Å². The van der Waals surface area contributed by atoms with Crippen LogP contribution in [0, 0.1) is 5.92 Å². The number of anilines is 1. The molecule has 1 aromatic rings. The van der Waals surface area contributed by atoms with Crippen LogP contribution in [-0.4, -0.2) is 34.2 Å². The van der Waals surface area contributed by atoms with Crippen molar-refractivity contribution in [2.75, 3.05) is 12.4 Å².